The molecule has 3 aromatic heterocycles. The Labute approximate surface area is 138 Å². The molecule has 4 heterocycles. The maximum absolute atomic E-state index is 12.5. The second-order valence-electron chi connectivity index (χ2n) is 5.88. The second-order valence-corrected chi connectivity index (χ2v) is 5.88. The van der Waals surface area contributed by atoms with E-state index in [9.17, 15) is 4.79 Å². The SMILES string of the molecule is Cn1ccnc1CN1CCc2nc(-c3cncnc3)[nH]c(=O)c2C1. The minimum atomic E-state index is -0.0941. The Morgan fingerprint density at radius 3 is 2.88 bits per heavy atom. The normalized spacial score (nSPS) is 14.5. The molecule has 3 aromatic rings. The minimum absolute atomic E-state index is 0.0941. The van der Waals surface area contributed by atoms with E-state index in [2.05, 4.69) is 29.8 Å². The van der Waals surface area contributed by atoms with Crippen LogP contribution in [0.5, 0.6) is 0 Å². The van der Waals surface area contributed by atoms with E-state index < -0.39 is 0 Å². The number of imidazole rings is 1. The zero-order valence-electron chi connectivity index (χ0n) is 13.3. The van der Waals surface area contributed by atoms with Crippen LogP contribution in [0.15, 0.2) is 35.9 Å². The summed E-state index contributed by atoms with van der Waals surface area (Å²) in [6.07, 6.45) is 9.20. The molecule has 1 aliphatic heterocycles. The van der Waals surface area contributed by atoms with Crippen LogP contribution in [0.1, 0.15) is 17.1 Å². The van der Waals surface area contributed by atoms with Gasteiger partial charge in [-0.25, -0.2) is 19.9 Å². The Kier molecular flexibility index (Phi) is 3.66. The summed E-state index contributed by atoms with van der Waals surface area (Å²) >= 11 is 0. The number of fused-ring (bicyclic) bond motifs is 1. The lowest BCUT2D eigenvalue weighted by molar-refractivity contribution is 0.233. The molecular formula is C16H17N7O. The summed E-state index contributed by atoms with van der Waals surface area (Å²) in [5.74, 6) is 1.51. The summed E-state index contributed by atoms with van der Waals surface area (Å²) in [6.45, 7) is 2.15. The molecule has 0 aliphatic carbocycles. The number of aromatic amines is 1. The molecule has 0 amide bonds. The van der Waals surface area contributed by atoms with E-state index in [4.69, 9.17) is 0 Å². The van der Waals surface area contributed by atoms with Crippen molar-refractivity contribution in [2.75, 3.05) is 6.54 Å². The van der Waals surface area contributed by atoms with Crippen LogP contribution >= 0.6 is 0 Å². The Bertz CT molecular complexity index is 916. The fourth-order valence-corrected chi connectivity index (χ4v) is 2.92. The van der Waals surface area contributed by atoms with Gasteiger partial charge in [-0.05, 0) is 0 Å². The second kappa shape index (κ2) is 5.97. The first-order valence-electron chi connectivity index (χ1n) is 7.76. The Morgan fingerprint density at radius 1 is 1.29 bits per heavy atom. The van der Waals surface area contributed by atoms with Crippen LogP contribution in [0.25, 0.3) is 11.4 Å². The highest BCUT2D eigenvalue weighted by atomic mass is 16.1. The highest BCUT2D eigenvalue weighted by molar-refractivity contribution is 5.52. The third kappa shape index (κ3) is 2.71. The van der Waals surface area contributed by atoms with Gasteiger partial charge in [0, 0.05) is 51.3 Å². The van der Waals surface area contributed by atoms with Crippen LogP contribution in [-0.4, -0.2) is 40.9 Å². The minimum Gasteiger partial charge on any atom is -0.337 e. The van der Waals surface area contributed by atoms with Crippen molar-refractivity contribution >= 4 is 0 Å². The first-order valence-corrected chi connectivity index (χ1v) is 7.76. The number of aryl methyl sites for hydroxylation is 1. The summed E-state index contributed by atoms with van der Waals surface area (Å²) in [6, 6.07) is 0. The molecule has 0 fully saturated rings. The number of nitrogens with zero attached hydrogens (tertiary/aromatic N) is 6. The number of hydrogen-bond acceptors (Lipinski definition) is 6. The molecule has 4 rings (SSSR count). The number of hydrogen-bond donors (Lipinski definition) is 1. The zero-order chi connectivity index (χ0) is 16.5. The van der Waals surface area contributed by atoms with Crippen molar-refractivity contribution in [2.45, 2.75) is 19.5 Å². The quantitative estimate of drug-likeness (QED) is 0.755. The van der Waals surface area contributed by atoms with Gasteiger partial charge in [-0.2, -0.15) is 0 Å². The van der Waals surface area contributed by atoms with Gasteiger partial charge in [0.25, 0.3) is 5.56 Å². The molecule has 0 atom stereocenters. The number of nitrogens with one attached hydrogen (secondary N) is 1. The predicted octanol–water partition coefficient (Wildman–Crippen LogP) is 0.519. The van der Waals surface area contributed by atoms with E-state index in [0.29, 0.717) is 17.9 Å². The molecule has 0 unspecified atom stereocenters. The molecule has 0 aromatic carbocycles. The molecule has 1 N–H and O–H groups in total. The lowest BCUT2D eigenvalue weighted by atomic mass is 10.1. The molecule has 0 radical (unpaired) electrons. The van der Waals surface area contributed by atoms with Gasteiger partial charge < -0.3 is 9.55 Å². The first-order chi connectivity index (χ1) is 11.7. The number of rotatable bonds is 3. The van der Waals surface area contributed by atoms with E-state index in [0.717, 1.165) is 36.6 Å². The standard InChI is InChI=1S/C16H17N7O/c1-22-5-3-19-14(22)9-23-4-2-13-12(8-23)16(24)21-15(20-13)11-6-17-10-18-7-11/h3,5-7,10H,2,4,8-9H2,1H3,(H,20,21,24). The summed E-state index contributed by atoms with van der Waals surface area (Å²) in [4.78, 5) is 34.5. The summed E-state index contributed by atoms with van der Waals surface area (Å²) < 4.78 is 2.00. The highest BCUT2D eigenvalue weighted by Crippen LogP contribution is 2.18. The third-order valence-electron chi connectivity index (χ3n) is 4.27. The average molecular weight is 323 g/mol. The monoisotopic (exact) mass is 323 g/mol. The molecule has 0 bridgehead atoms. The van der Waals surface area contributed by atoms with Crippen LogP contribution in [0, 0.1) is 0 Å². The summed E-state index contributed by atoms with van der Waals surface area (Å²) in [5, 5.41) is 0. The van der Waals surface area contributed by atoms with Gasteiger partial charge in [-0.15, -0.1) is 0 Å². The molecule has 1 aliphatic rings. The van der Waals surface area contributed by atoms with Gasteiger partial charge in [0.1, 0.15) is 18.0 Å². The van der Waals surface area contributed by atoms with Crippen molar-refractivity contribution < 1.29 is 0 Å². The zero-order valence-corrected chi connectivity index (χ0v) is 13.3. The fourth-order valence-electron chi connectivity index (χ4n) is 2.92. The fraction of sp³-hybridized carbons (Fsp3) is 0.312. The molecule has 122 valence electrons. The van der Waals surface area contributed by atoms with E-state index in [-0.39, 0.29) is 5.56 Å². The molecule has 0 saturated carbocycles. The van der Waals surface area contributed by atoms with Gasteiger partial charge in [-0.3, -0.25) is 9.69 Å². The van der Waals surface area contributed by atoms with Crippen molar-refractivity contribution in [1.82, 2.24) is 34.4 Å². The Balaban J connectivity index is 1.61. The van der Waals surface area contributed by atoms with Crippen LogP contribution in [0.4, 0.5) is 0 Å². The van der Waals surface area contributed by atoms with Gasteiger partial charge in [-0.1, -0.05) is 0 Å². The van der Waals surface area contributed by atoms with Crippen molar-refractivity contribution in [3.8, 4) is 11.4 Å². The maximum atomic E-state index is 12.5. The molecule has 8 nitrogen and oxygen atoms in total. The predicted molar refractivity (Wildman–Crippen MR) is 86.9 cm³/mol. The number of H-pyrrole nitrogens is 1. The van der Waals surface area contributed by atoms with Crippen LogP contribution in [0.3, 0.4) is 0 Å². The van der Waals surface area contributed by atoms with Crippen molar-refractivity contribution in [3.05, 3.63) is 58.6 Å². The Hall–Kier alpha value is -2.87. The van der Waals surface area contributed by atoms with E-state index in [1.54, 1.807) is 18.6 Å². The topological polar surface area (TPSA) is 92.6 Å². The van der Waals surface area contributed by atoms with Crippen LogP contribution in [-0.2, 0) is 26.6 Å². The third-order valence-corrected chi connectivity index (χ3v) is 4.27. The summed E-state index contributed by atoms with van der Waals surface area (Å²) in [5.41, 5.74) is 2.21. The largest absolute Gasteiger partial charge is 0.337 e. The summed E-state index contributed by atoms with van der Waals surface area (Å²) in [7, 11) is 1.97. The van der Waals surface area contributed by atoms with Crippen molar-refractivity contribution in [2.24, 2.45) is 7.05 Å². The average Bonchev–Trinajstić information content (AvgIpc) is 3.01. The number of aromatic nitrogens is 6. The van der Waals surface area contributed by atoms with Crippen LogP contribution in [0.2, 0.25) is 0 Å². The highest BCUT2D eigenvalue weighted by Gasteiger charge is 2.22. The van der Waals surface area contributed by atoms with Crippen molar-refractivity contribution in [1.29, 1.82) is 0 Å². The smallest absolute Gasteiger partial charge is 0.255 e. The first kappa shape index (κ1) is 14.7. The van der Waals surface area contributed by atoms with E-state index in [1.807, 2.05) is 17.8 Å². The van der Waals surface area contributed by atoms with Crippen molar-refractivity contribution in [3.63, 3.8) is 0 Å². The van der Waals surface area contributed by atoms with Gasteiger partial charge in [0.05, 0.1) is 23.4 Å². The lowest BCUT2D eigenvalue weighted by Crippen LogP contribution is -2.36. The molecule has 8 heteroatoms. The molecule has 24 heavy (non-hydrogen) atoms. The van der Waals surface area contributed by atoms with Gasteiger partial charge >= 0.3 is 0 Å². The molecule has 0 spiro atoms. The lowest BCUT2D eigenvalue weighted by Gasteiger charge is -2.27. The van der Waals surface area contributed by atoms with E-state index in [1.165, 1.54) is 6.33 Å². The molecular weight excluding hydrogens is 306 g/mol. The van der Waals surface area contributed by atoms with E-state index >= 15 is 0 Å². The van der Waals surface area contributed by atoms with Crippen LogP contribution < -0.4 is 5.56 Å². The van der Waals surface area contributed by atoms with Gasteiger partial charge in [0.2, 0.25) is 0 Å². The maximum Gasteiger partial charge on any atom is 0.255 e. The van der Waals surface area contributed by atoms with Gasteiger partial charge in [0.15, 0.2) is 0 Å². The Morgan fingerprint density at radius 2 is 2.12 bits per heavy atom. The molecule has 0 saturated heterocycles.